The fraction of sp³-hybridized carbons (Fsp3) is 0.515. The Labute approximate surface area is 243 Å². The number of nitrogens with zero attached hydrogens (tertiary/aromatic N) is 2. The Hall–Kier alpha value is -2.64. The molecule has 3 atom stereocenters. The van der Waals surface area contributed by atoms with Gasteiger partial charge in [-0.05, 0) is 60.4 Å². The number of nitrogens with one attached hydrogen (secondary N) is 1. The summed E-state index contributed by atoms with van der Waals surface area (Å²) in [5.41, 5.74) is 1.89. The van der Waals surface area contributed by atoms with Crippen molar-refractivity contribution >= 4 is 29.7 Å². The van der Waals surface area contributed by atoms with Crippen LogP contribution in [0.1, 0.15) is 58.1 Å². The average molecular weight is 566 g/mol. The minimum atomic E-state index is -0.290. The van der Waals surface area contributed by atoms with Gasteiger partial charge in [-0.2, -0.15) is 0 Å². The number of carbonyl (C=O) groups excluding carboxylic acids is 2. The van der Waals surface area contributed by atoms with E-state index in [1.807, 2.05) is 41.3 Å². The number of hydrogen-bond donors (Lipinski definition) is 1. The molecule has 2 aromatic rings. The Morgan fingerprint density at radius 2 is 1.73 bits per heavy atom. The molecule has 2 fully saturated rings. The third-order valence-corrected chi connectivity index (χ3v) is 9.01. The molecule has 2 aromatic carbocycles. The molecule has 0 radical (unpaired) electrons. The molecule has 5 nitrogen and oxygen atoms in total. The normalized spacial score (nSPS) is 22.3. The molecule has 7 heteroatoms. The molecule has 1 saturated carbocycles. The lowest BCUT2D eigenvalue weighted by atomic mass is 9.83. The first-order valence-corrected chi connectivity index (χ1v) is 15.6. The molecule has 1 N–H and O–H groups in total. The van der Waals surface area contributed by atoms with E-state index >= 15 is 0 Å². The summed E-state index contributed by atoms with van der Waals surface area (Å²) in [4.78, 5) is 32.2. The molecule has 1 heterocycles. The molecular weight excluding hydrogens is 521 g/mol. The highest BCUT2D eigenvalue weighted by Gasteiger charge is 2.44. The second-order valence-corrected chi connectivity index (χ2v) is 13.3. The van der Waals surface area contributed by atoms with Gasteiger partial charge in [-0.15, -0.1) is 11.8 Å². The van der Waals surface area contributed by atoms with Gasteiger partial charge < -0.3 is 15.1 Å². The Balaban J connectivity index is 1.45. The van der Waals surface area contributed by atoms with Crippen molar-refractivity contribution in [3.8, 4) is 0 Å². The second-order valence-electron chi connectivity index (χ2n) is 12.1. The quantitative estimate of drug-likeness (QED) is 0.329. The van der Waals surface area contributed by atoms with Gasteiger partial charge in [0.1, 0.15) is 5.82 Å². The van der Waals surface area contributed by atoms with Crippen LogP contribution in [0.4, 0.5) is 4.39 Å². The van der Waals surface area contributed by atoms with Gasteiger partial charge in [-0.25, -0.2) is 4.39 Å². The third-order valence-electron chi connectivity index (χ3n) is 7.61. The molecule has 2 aliphatic rings. The second kappa shape index (κ2) is 14.3. The van der Waals surface area contributed by atoms with E-state index in [1.165, 1.54) is 12.1 Å². The van der Waals surface area contributed by atoms with Crippen molar-refractivity contribution < 1.29 is 14.0 Å². The molecule has 4 rings (SSSR count). The fourth-order valence-electron chi connectivity index (χ4n) is 5.87. The Morgan fingerprint density at radius 1 is 1.05 bits per heavy atom. The van der Waals surface area contributed by atoms with Crippen LogP contribution in [0.25, 0.3) is 6.08 Å². The summed E-state index contributed by atoms with van der Waals surface area (Å²) in [7, 11) is 0. The van der Waals surface area contributed by atoms with Crippen molar-refractivity contribution in [3.63, 3.8) is 0 Å². The molecule has 3 unspecified atom stereocenters. The highest BCUT2D eigenvalue weighted by Crippen LogP contribution is 2.44. The van der Waals surface area contributed by atoms with Crippen molar-refractivity contribution in [2.24, 2.45) is 17.8 Å². The zero-order valence-corrected chi connectivity index (χ0v) is 25.1. The van der Waals surface area contributed by atoms with Gasteiger partial charge in [-0.3, -0.25) is 9.59 Å². The summed E-state index contributed by atoms with van der Waals surface area (Å²) in [5, 5.41) is 3.43. The van der Waals surface area contributed by atoms with Crippen LogP contribution in [-0.2, 0) is 16.1 Å². The minimum absolute atomic E-state index is 0.0153. The lowest BCUT2D eigenvalue weighted by Crippen LogP contribution is -2.54. The van der Waals surface area contributed by atoms with Crippen LogP contribution in [0.5, 0.6) is 0 Å². The van der Waals surface area contributed by atoms with Crippen molar-refractivity contribution in [1.82, 2.24) is 15.1 Å². The van der Waals surface area contributed by atoms with Crippen molar-refractivity contribution in [3.05, 3.63) is 76.4 Å². The molecule has 0 bridgehead atoms. The maximum Gasteiger partial charge on any atom is 0.260 e. The van der Waals surface area contributed by atoms with E-state index in [-0.39, 0.29) is 34.8 Å². The number of hydrogen-bond acceptors (Lipinski definition) is 4. The highest BCUT2D eigenvalue weighted by molar-refractivity contribution is 8.04. The van der Waals surface area contributed by atoms with E-state index in [9.17, 15) is 14.0 Å². The topological polar surface area (TPSA) is 52.7 Å². The van der Waals surface area contributed by atoms with Crippen LogP contribution >= 0.6 is 11.8 Å². The summed E-state index contributed by atoms with van der Waals surface area (Å²) in [6.07, 6.45) is 4.31. The maximum absolute atomic E-state index is 13.8. The van der Waals surface area contributed by atoms with Crippen LogP contribution in [0.2, 0.25) is 0 Å². The smallest absolute Gasteiger partial charge is 0.260 e. The van der Waals surface area contributed by atoms with Crippen LogP contribution < -0.4 is 5.32 Å². The first kappa shape index (κ1) is 30.3. The molecule has 216 valence electrons. The van der Waals surface area contributed by atoms with Gasteiger partial charge in [0, 0.05) is 49.9 Å². The van der Waals surface area contributed by atoms with Gasteiger partial charge in [0.05, 0.1) is 4.91 Å². The van der Waals surface area contributed by atoms with Gasteiger partial charge in [0.25, 0.3) is 5.91 Å². The Morgan fingerprint density at radius 3 is 2.38 bits per heavy atom. The molecule has 1 aliphatic heterocycles. The number of benzene rings is 2. The number of halogens is 1. The maximum atomic E-state index is 13.8. The number of thioether (sulfide) groups is 1. The van der Waals surface area contributed by atoms with E-state index in [1.54, 1.807) is 23.9 Å². The minimum Gasteiger partial charge on any atom is -0.355 e. The van der Waals surface area contributed by atoms with Gasteiger partial charge in [0.15, 0.2) is 0 Å². The van der Waals surface area contributed by atoms with Crippen LogP contribution in [0, 0.1) is 23.6 Å². The number of fused-ring (bicyclic) bond motifs is 1. The highest BCUT2D eigenvalue weighted by atomic mass is 32.2. The standard InChI is InChI=1S/C33H44FN3O2S/c1-23(2)20-36(21-24(3)4)17-16-35-32(38)27-12-15-30-29(19-27)37(22-26-10-13-28(34)14-11-26)33(39)31(40-30)18-25-8-6-5-7-9-25/h5-11,13-14,18,23-24,27,29-30H,12,15-17,19-22H2,1-4H3,(H,35,38)/b31-18-. The predicted molar refractivity (Wildman–Crippen MR) is 163 cm³/mol. The summed E-state index contributed by atoms with van der Waals surface area (Å²) < 4.78 is 13.6. The van der Waals surface area contributed by atoms with E-state index < -0.39 is 0 Å². The number of carbonyl (C=O) groups is 2. The number of rotatable bonds is 11. The zero-order valence-electron chi connectivity index (χ0n) is 24.3. The van der Waals surface area contributed by atoms with Crippen LogP contribution in [0.15, 0.2) is 59.5 Å². The van der Waals surface area contributed by atoms with Crippen molar-refractivity contribution in [2.75, 3.05) is 26.2 Å². The van der Waals surface area contributed by atoms with E-state index in [0.717, 1.165) is 48.5 Å². The molecule has 1 aliphatic carbocycles. The molecule has 0 spiro atoms. The summed E-state index contributed by atoms with van der Waals surface area (Å²) in [6, 6.07) is 16.2. The first-order valence-electron chi connectivity index (χ1n) is 14.7. The Bertz CT molecular complexity index is 1140. The molecular formula is C33H44FN3O2S. The number of amides is 2. The third kappa shape index (κ3) is 8.43. The van der Waals surface area contributed by atoms with E-state index in [4.69, 9.17) is 0 Å². The van der Waals surface area contributed by atoms with Crippen LogP contribution in [0.3, 0.4) is 0 Å². The summed E-state index contributed by atoms with van der Waals surface area (Å²) in [6.45, 7) is 12.9. The molecule has 0 aromatic heterocycles. The summed E-state index contributed by atoms with van der Waals surface area (Å²) in [5.74, 6) is 0.837. The monoisotopic (exact) mass is 565 g/mol. The fourth-order valence-corrected chi connectivity index (χ4v) is 7.29. The molecule has 2 amide bonds. The average Bonchev–Trinajstić information content (AvgIpc) is 2.91. The van der Waals surface area contributed by atoms with Crippen molar-refractivity contribution in [2.45, 2.75) is 64.8 Å². The molecule has 40 heavy (non-hydrogen) atoms. The van der Waals surface area contributed by atoms with Gasteiger partial charge in [-0.1, -0.05) is 70.2 Å². The lowest BCUT2D eigenvalue weighted by molar-refractivity contribution is -0.133. The van der Waals surface area contributed by atoms with Crippen molar-refractivity contribution in [1.29, 1.82) is 0 Å². The molecule has 1 saturated heterocycles. The van der Waals surface area contributed by atoms with Crippen LogP contribution in [-0.4, -0.2) is 59.1 Å². The van der Waals surface area contributed by atoms with Gasteiger partial charge in [0.2, 0.25) is 5.91 Å². The SMILES string of the molecule is CC(C)CN(CCNC(=O)C1CCC2S/C(=C\c3ccccc3)C(=O)N(Cc3ccc(F)cc3)C2C1)CC(C)C. The first-order chi connectivity index (χ1) is 19.2. The summed E-state index contributed by atoms with van der Waals surface area (Å²) >= 11 is 1.65. The van der Waals surface area contributed by atoms with E-state index in [2.05, 4.69) is 37.9 Å². The Kier molecular flexibility index (Phi) is 10.8. The zero-order chi connectivity index (χ0) is 28.6. The van der Waals surface area contributed by atoms with E-state index in [0.29, 0.717) is 31.3 Å². The lowest BCUT2D eigenvalue weighted by Gasteiger charge is -2.46. The predicted octanol–water partition coefficient (Wildman–Crippen LogP) is 6.21. The largest absolute Gasteiger partial charge is 0.355 e. The van der Waals surface area contributed by atoms with Gasteiger partial charge >= 0.3 is 0 Å².